The Morgan fingerprint density at radius 1 is 0.317 bits per heavy atom. The normalized spacial score (nSPS) is 10.6. The molecule has 60 heavy (non-hydrogen) atoms. The van der Waals surface area contributed by atoms with Crippen LogP contribution in [0.1, 0.15) is 29.1 Å². The Morgan fingerprint density at radius 2 is 0.717 bits per heavy atom. The van der Waals surface area contributed by atoms with E-state index in [0.29, 0.717) is 30.2 Å². The maximum atomic E-state index is 7.73. The summed E-state index contributed by atoms with van der Waals surface area (Å²) in [6, 6.07) is 48.9. The van der Waals surface area contributed by atoms with Crippen molar-refractivity contribution in [3.63, 3.8) is 0 Å². The molecule has 0 spiro atoms. The van der Waals surface area contributed by atoms with Crippen LogP contribution in [0.5, 0.6) is 0 Å². The smallest absolute Gasteiger partial charge is 0.0639 e. The summed E-state index contributed by atoms with van der Waals surface area (Å²) in [6.07, 6.45) is 6.58. The molecular formula is C52H42Ir4N4-4. The molecular weight excluding hydrogens is 1450 g/mol. The number of hydrogen-bond donors (Lipinski definition) is 0. The molecule has 9 aromatic rings. The Labute approximate surface area is 416 Å². The fourth-order valence-corrected chi connectivity index (χ4v) is 5.67. The topological polar surface area (TPSA) is 51.6 Å². The summed E-state index contributed by atoms with van der Waals surface area (Å²) in [5.74, 6) is 0. The van der Waals surface area contributed by atoms with E-state index < -0.39 is 0 Å². The van der Waals surface area contributed by atoms with Crippen molar-refractivity contribution in [2.45, 2.75) is 0 Å². The van der Waals surface area contributed by atoms with Crippen LogP contribution in [0.4, 0.5) is 0 Å². The van der Waals surface area contributed by atoms with Gasteiger partial charge in [-0.2, -0.15) is 74.2 Å². The molecule has 0 saturated carbocycles. The summed E-state index contributed by atoms with van der Waals surface area (Å²) < 4.78 is 37.5. The van der Waals surface area contributed by atoms with Crippen LogP contribution in [0.25, 0.3) is 55.8 Å². The Bertz CT molecular complexity index is 2870. The van der Waals surface area contributed by atoms with Crippen LogP contribution < -0.4 is 0 Å². The minimum Gasteiger partial charge on any atom is -0.270 e. The molecule has 0 fully saturated rings. The van der Waals surface area contributed by atoms with Crippen molar-refractivity contribution in [2.75, 3.05) is 0 Å². The van der Waals surface area contributed by atoms with Gasteiger partial charge in [-0.25, -0.2) is 0 Å². The van der Waals surface area contributed by atoms with Crippen molar-refractivity contribution in [2.24, 2.45) is 0 Å². The van der Waals surface area contributed by atoms with E-state index in [1.54, 1.807) is 73.2 Å². The number of nitrogens with zero attached hydrogens (tertiary/aromatic N) is 4. The predicted octanol–water partition coefficient (Wildman–Crippen LogP) is 12.9. The molecule has 5 aromatic carbocycles. The molecule has 0 aliphatic carbocycles. The number of pyridine rings is 4. The van der Waals surface area contributed by atoms with E-state index >= 15 is 0 Å². The third kappa shape index (κ3) is 14.4. The van der Waals surface area contributed by atoms with E-state index in [9.17, 15) is 0 Å². The second-order valence-corrected chi connectivity index (χ2v) is 12.3. The van der Waals surface area contributed by atoms with Crippen LogP contribution in [0, 0.1) is 27.7 Å². The Hall–Kier alpha value is -4.96. The van der Waals surface area contributed by atoms with Gasteiger partial charge in [-0.15, -0.1) is 70.8 Å². The SMILES string of the molecule is [2H]c1ccc(-c2cc([2H])ccc2[CH2-])nc1.[2H]c1ccc(-c2ccccc2[CH2-])nc1.[2H]c1ccc([CH2-])c(-c2ccccn2)c1.[2H]c1ccc([CH2-])c(-c2nccc3ccccc23)c1.[Ir].[Ir].[Ir].[Ir]. The van der Waals surface area contributed by atoms with Crippen molar-refractivity contribution in [3.8, 4) is 45.0 Å². The van der Waals surface area contributed by atoms with Gasteiger partial charge in [0.25, 0.3) is 0 Å². The summed E-state index contributed by atoms with van der Waals surface area (Å²) in [5.41, 5.74) is 10.7. The first-order valence-corrected chi connectivity index (χ1v) is 17.8. The number of fused-ring (bicyclic) bond motifs is 1. The molecule has 4 heterocycles. The van der Waals surface area contributed by atoms with Crippen LogP contribution in [-0.4, -0.2) is 19.9 Å². The van der Waals surface area contributed by atoms with Gasteiger partial charge in [0.05, 0.1) is 6.85 Å². The fraction of sp³-hybridized carbons (Fsp3) is 0. The molecule has 0 N–H and O–H groups in total. The molecule has 0 bridgehead atoms. The second kappa shape index (κ2) is 27.0. The van der Waals surface area contributed by atoms with Crippen molar-refractivity contribution >= 4 is 10.8 Å². The van der Waals surface area contributed by atoms with E-state index in [1.165, 1.54) is 6.20 Å². The third-order valence-corrected chi connectivity index (χ3v) is 8.53. The molecule has 4 aromatic heterocycles. The van der Waals surface area contributed by atoms with E-state index in [4.69, 9.17) is 6.85 Å². The van der Waals surface area contributed by atoms with Gasteiger partial charge in [0, 0.05) is 128 Å². The summed E-state index contributed by atoms with van der Waals surface area (Å²) in [6.45, 7) is 15.8. The van der Waals surface area contributed by atoms with Gasteiger partial charge in [0.1, 0.15) is 0 Å². The minimum atomic E-state index is 0. The monoisotopic (exact) mass is 1500 g/mol. The van der Waals surface area contributed by atoms with E-state index in [2.05, 4.69) is 53.7 Å². The van der Waals surface area contributed by atoms with Gasteiger partial charge in [-0.1, -0.05) is 66.7 Å². The maximum Gasteiger partial charge on any atom is 0.0639 e. The van der Waals surface area contributed by atoms with E-state index in [-0.39, 0.29) is 80.4 Å². The number of aromatic nitrogens is 4. The largest absolute Gasteiger partial charge is 0.270 e. The van der Waals surface area contributed by atoms with Crippen molar-refractivity contribution in [1.29, 1.82) is 0 Å². The predicted molar refractivity (Wildman–Crippen MR) is 234 cm³/mol. The minimum absolute atomic E-state index is 0. The molecule has 0 saturated heterocycles. The van der Waals surface area contributed by atoms with Gasteiger partial charge in [-0.05, 0) is 53.2 Å². The molecule has 0 amide bonds. The Kier molecular flexibility index (Phi) is 19.4. The maximum absolute atomic E-state index is 7.73. The molecule has 8 heteroatoms. The average molecular weight is 1500 g/mol. The van der Waals surface area contributed by atoms with E-state index in [1.807, 2.05) is 91.0 Å². The van der Waals surface area contributed by atoms with Crippen LogP contribution in [-0.2, 0) is 80.4 Å². The summed E-state index contributed by atoms with van der Waals surface area (Å²) in [7, 11) is 0. The first kappa shape index (κ1) is 43.1. The number of rotatable bonds is 4. The average Bonchev–Trinajstić information content (AvgIpc) is 3.28. The zero-order valence-electron chi connectivity index (χ0n) is 37.2. The van der Waals surface area contributed by atoms with Crippen molar-refractivity contribution in [3.05, 3.63) is 257 Å². The molecule has 4 radical (unpaired) electrons. The van der Waals surface area contributed by atoms with Gasteiger partial charge < -0.3 is 0 Å². The summed E-state index contributed by atoms with van der Waals surface area (Å²) >= 11 is 0. The molecule has 0 unspecified atom stereocenters. The molecule has 4 nitrogen and oxygen atoms in total. The van der Waals surface area contributed by atoms with Gasteiger partial charge in [-0.3, -0.25) is 19.9 Å². The van der Waals surface area contributed by atoms with Crippen molar-refractivity contribution < 1.29 is 87.3 Å². The molecule has 0 atom stereocenters. The number of benzene rings is 5. The van der Waals surface area contributed by atoms with Crippen LogP contribution in [0.15, 0.2) is 207 Å². The zero-order chi connectivity index (χ0) is 43.3. The van der Waals surface area contributed by atoms with Crippen LogP contribution in [0.3, 0.4) is 0 Å². The molecule has 310 valence electrons. The van der Waals surface area contributed by atoms with E-state index in [0.717, 1.165) is 78.1 Å². The Balaban J connectivity index is 0.000000293. The quantitative estimate of drug-likeness (QED) is 0.165. The number of hydrogen-bond acceptors (Lipinski definition) is 4. The molecule has 0 aliphatic rings. The summed E-state index contributed by atoms with van der Waals surface area (Å²) in [4.78, 5) is 17.0. The van der Waals surface area contributed by atoms with Gasteiger partial charge in [0.15, 0.2) is 0 Å². The van der Waals surface area contributed by atoms with Gasteiger partial charge >= 0.3 is 0 Å². The molecule has 9 rings (SSSR count). The van der Waals surface area contributed by atoms with Crippen LogP contribution in [0.2, 0.25) is 0 Å². The van der Waals surface area contributed by atoms with Crippen molar-refractivity contribution in [1.82, 2.24) is 19.9 Å². The first-order valence-electron chi connectivity index (χ1n) is 20.3. The second-order valence-electron chi connectivity index (χ2n) is 12.3. The summed E-state index contributed by atoms with van der Waals surface area (Å²) in [5, 5.41) is 2.24. The zero-order valence-corrected chi connectivity index (χ0v) is 41.8. The molecule has 0 aliphatic heterocycles. The standard InChI is InChI=1S/C16H12N.3C12H10N.4Ir/c1-12-6-2-4-8-14(12)16-15-9-5-3-7-13(15)10-11-17-16;3*1-10-6-2-3-7-11(10)12-8-4-5-9-13-12;;;;/h2-11H,1H2;3*2-9H,1H2;;;;/q4*-1;;;;/i4D;3D,5D;5D;3D;;;;. The van der Waals surface area contributed by atoms with Crippen LogP contribution >= 0.6 is 0 Å². The van der Waals surface area contributed by atoms with Gasteiger partial charge in [0.2, 0.25) is 0 Å². The first-order chi connectivity index (χ1) is 29.5. The fourth-order valence-electron chi connectivity index (χ4n) is 5.67. The third-order valence-electron chi connectivity index (χ3n) is 8.53. The Morgan fingerprint density at radius 3 is 1.23 bits per heavy atom.